The summed E-state index contributed by atoms with van der Waals surface area (Å²) in [6.07, 6.45) is 4.71. The summed E-state index contributed by atoms with van der Waals surface area (Å²) in [5.41, 5.74) is 11.4. The zero-order valence-corrected chi connectivity index (χ0v) is 18.5. The van der Waals surface area contributed by atoms with Crippen LogP contribution in [-0.4, -0.2) is 38.7 Å². The van der Waals surface area contributed by atoms with E-state index >= 15 is 0 Å². The van der Waals surface area contributed by atoms with Crippen molar-refractivity contribution in [2.45, 2.75) is 32.6 Å². The number of hydrazine groups is 1. The number of imidazole rings is 1. The highest BCUT2D eigenvalue weighted by Gasteiger charge is 2.18. The SMILES string of the molecule is CCCc1nc2c(N)nc3ccccc3c2n1OCCCCNC(=O)c1ccc(NN)nc1. The van der Waals surface area contributed by atoms with Gasteiger partial charge in [0.05, 0.1) is 11.1 Å². The molecule has 10 heteroatoms. The molecule has 0 saturated heterocycles. The molecule has 0 aliphatic carbocycles. The van der Waals surface area contributed by atoms with Gasteiger partial charge in [-0.1, -0.05) is 25.1 Å². The fourth-order valence-electron chi connectivity index (χ4n) is 3.64. The van der Waals surface area contributed by atoms with Gasteiger partial charge in [-0.05, 0) is 37.5 Å². The van der Waals surface area contributed by atoms with E-state index in [1.807, 2.05) is 24.3 Å². The largest absolute Gasteiger partial charge is 0.412 e. The number of nitrogen functional groups attached to an aromatic ring is 2. The molecule has 0 aliphatic rings. The molecule has 0 bridgehead atoms. The highest BCUT2D eigenvalue weighted by Crippen LogP contribution is 2.28. The van der Waals surface area contributed by atoms with E-state index in [4.69, 9.17) is 21.4 Å². The Kier molecular flexibility index (Phi) is 6.84. The van der Waals surface area contributed by atoms with Crippen molar-refractivity contribution in [2.75, 3.05) is 24.3 Å². The third-order valence-electron chi connectivity index (χ3n) is 5.27. The Hall–Kier alpha value is -3.92. The lowest BCUT2D eigenvalue weighted by molar-refractivity contribution is 0.0943. The molecule has 10 nitrogen and oxygen atoms in total. The first-order chi connectivity index (χ1) is 16.1. The lowest BCUT2D eigenvalue weighted by Crippen LogP contribution is -2.25. The zero-order valence-electron chi connectivity index (χ0n) is 18.5. The quantitative estimate of drug-likeness (QED) is 0.164. The molecule has 0 unspecified atom stereocenters. The standard InChI is InChI=1S/C23H28N8O2/c1-2-7-19-29-20-21(16-8-3-4-9-17(16)28-22(20)24)31(19)33-13-6-5-12-26-23(32)15-10-11-18(30-25)27-14-15/h3-4,8-11,14H,2,5-7,12-13,25H2,1H3,(H2,24,28)(H,26,32)(H,27,30). The van der Waals surface area contributed by atoms with Gasteiger partial charge in [0.1, 0.15) is 29.3 Å². The molecular weight excluding hydrogens is 420 g/mol. The van der Waals surface area contributed by atoms with Crippen molar-refractivity contribution in [3.05, 3.63) is 54.0 Å². The lowest BCUT2D eigenvalue weighted by atomic mass is 10.2. The van der Waals surface area contributed by atoms with Crippen LogP contribution in [0.3, 0.4) is 0 Å². The summed E-state index contributed by atoms with van der Waals surface area (Å²) in [7, 11) is 0. The molecule has 4 aromatic rings. The molecule has 4 rings (SSSR count). The number of nitrogens with zero attached hydrogens (tertiary/aromatic N) is 4. The van der Waals surface area contributed by atoms with Crippen molar-refractivity contribution in [1.29, 1.82) is 0 Å². The summed E-state index contributed by atoms with van der Waals surface area (Å²) in [5, 5.41) is 3.85. The Morgan fingerprint density at radius 1 is 1.15 bits per heavy atom. The first-order valence-corrected chi connectivity index (χ1v) is 11.0. The predicted octanol–water partition coefficient (Wildman–Crippen LogP) is 2.44. The topological polar surface area (TPSA) is 146 Å². The molecule has 1 amide bonds. The number of aromatic nitrogens is 4. The summed E-state index contributed by atoms with van der Waals surface area (Å²) in [4.78, 5) is 31.6. The van der Waals surface area contributed by atoms with Gasteiger partial charge in [-0.25, -0.2) is 20.8 Å². The van der Waals surface area contributed by atoms with Crippen LogP contribution in [-0.2, 0) is 6.42 Å². The molecule has 1 aromatic carbocycles. The molecule has 33 heavy (non-hydrogen) atoms. The normalized spacial score (nSPS) is 11.1. The number of unbranched alkanes of at least 4 members (excludes halogenated alkanes) is 1. The van der Waals surface area contributed by atoms with E-state index in [9.17, 15) is 4.79 Å². The third kappa shape index (κ3) is 4.80. The van der Waals surface area contributed by atoms with Crippen LogP contribution < -0.4 is 27.2 Å². The number of carbonyl (C=O) groups excluding carboxylic acids is 1. The van der Waals surface area contributed by atoms with Gasteiger partial charge in [-0.15, -0.1) is 0 Å². The molecule has 3 aromatic heterocycles. The average molecular weight is 449 g/mol. The number of para-hydroxylation sites is 1. The Bertz CT molecular complexity index is 1250. The Balaban J connectivity index is 1.38. The highest BCUT2D eigenvalue weighted by atomic mass is 16.7. The van der Waals surface area contributed by atoms with Crippen LogP contribution in [0, 0.1) is 0 Å². The number of nitrogens with two attached hydrogens (primary N) is 2. The van der Waals surface area contributed by atoms with Crippen LogP contribution >= 0.6 is 0 Å². The molecule has 0 aliphatic heterocycles. The number of rotatable bonds is 10. The van der Waals surface area contributed by atoms with Gasteiger partial charge in [0.25, 0.3) is 5.91 Å². The molecule has 0 spiro atoms. The van der Waals surface area contributed by atoms with Gasteiger partial charge < -0.3 is 21.3 Å². The summed E-state index contributed by atoms with van der Waals surface area (Å²) in [5.74, 6) is 6.85. The number of pyridine rings is 2. The second-order valence-corrected chi connectivity index (χ2v) is 7.66. The minimum Gasteiger partial charge on any atom is -0.412 e. The number of aryl methyl sites for hydroxylation is 1. The van der Waals surface area contributed by atoms with Gasteiger partial charge in [0, 0.05) is 24.5 Å². The van der Waals surface area contributed by atoms with Crippen molar-refractivity contribution < 1.29 is 9.63 Å². The summed E-state index contributed by atoms with van der Waals surface area (Å²) in [6, 6.07) is 11.2. The number of nitrogens with one attached hydrogen (secondary N) is 2. The molecule has 172 valence electrons. The number of anilines is 2. The minimum atomic E-state index is -0.174. The summed E-state index contributed by atoms with van der Waals surface area (Å²) in [6.45, 7) is 3.11. The number of benzene rings is 1. The van der Waals surface area contributed by atoms with Crippen LogP contribution in [0.5, 0.6) is 0 Å². The molecule has 6 N–H and O–H groups in total. The molecule has 0 radical (unpaired) electrons. The van der Waals surface area contributed by atoms with E-state index < -0.39 is 0 Å². The van der Waals surface area contributed by atoms with E-state index in [-0.39, 0.29) is 5.91 Å². The zero-order chi connectivity index (χ0) is 23.2. The van der Waals surface area contributed by atoms with E-state index in [0.29, 0.717) is 35.9 Å². The van der Waals surface area contributed by atoms with Crippen molar-refractivity contribution >= 4 is 39.5 Å². The molecule has 0 fully saturated rings. The molecule has 0 saturated carbocycles. The van der Waals surface area contributed by atoms with Crippen LogP contribution in [0.15, 0.2) is 42.6 Å². The summed E-state index contributed by atoms with van der Waals surface area (Å²) < 4.78 is 1.80. The van der Waals surface area contributed by atoms with Crippen LogP contribution in [0.25, 0.3) is 21.9 Å². The molecular formula is C23H28N8O2. The Labute approximate surface area is 191 Å². The number of hydrogen-bond acceptors (Lipinski definition) is 8. The molecule has 3 heterocycles. The first-order valence-electron chi connectivity index (χ1n) is 11.0. The van der Waals surface area contributed by atoms with Crippen molar-refractivity contribution in [3.8, 4) is 0 Å². The second kappa shape index (κ2) is 10.1. The van der Waals surface area contributed by atoms with Crippen molar-refractivity contribution in [3.63, 3.8) is 0 Å². The number of carbonyl (C=O) groups is 1. The van der Waals surface area contributed by atoms with E-state index in [0.717, 1.165) is 47.9 Å². The van der Waals surface area contributed by atoms with E-state index in [1.165, 1.54) is 6.20 Å². The Morgan fingerprint density at radius 2 is 2.00 bits per heavy atom. The molecule has 0 atom stereocenters. The van der Waals surface area contributed by atoms with Crippen LogP contribution in [0.2, 0.25) is 0 Å². The summed E-state index contributed by atoms with van der Waals surface area (Å²) >= 11 is 0. The first kappa shape index (κ1) is 22.3. The third-order valence-corrected chi connectivity index (χ3v) is 5.27. The fourth-order valence-corrected chi connectivity index (χ4v) is 3.64. The van der Waals surface area contributed by atoms with Crippen molar-refractivity contribution in [2.24, 2.45) is 5.84 Å². The monoisotopic (exact) mass is 448 g/mol. The van der Waals surface area contributed by atoms with E-state index in [2.05, 4.69) is 27.6 Å². The van der Waals surface area contributed by atoms with E-state index in [1.54, 1.807) is 16.9 Å². The average Bonchev–Trinajstić information content (AvgIpc) is 3.20. The van der Waals surface area contributed by atoms with Gasteiger partial charge in [0.15, 0.2) is 5.82 Å². The van der Waals surface area contributed by atoms with Gasteiger partial charge in [-0.3, -0.25) is 4.79 Å². The lowest BCUT2D eigenvalue weighted by Gasteiger charge is -2.12. The minimum absolute atomic E-state index is 0.174. The van der Waals surface area contributed by atoms with Gasteiger partial charge >= 0.3 is 0 Å². The van der Waals surface area contributed by atoms with Crippen LogP contribution in [0.1, 0.15) is 42.4 Å². The second-order valence-electron chi connectivity index (χ2n) is 7.66. The number of amides is 1. The maximum absolute atomic E-state index is 12.2. The fraction of sp³-hybridized carbons (Fsp3) is 0.304. The maximum atomic E-state index is 12.2. The predicted molar refractivity (Wildman–Crippen MR) is 129 cm³/mol. The van der Waals surface area contributed by atoms with Gasteiger partial charge in [-0.2, -0.15) is 4.73 Å². The van der Waals surface area contributed by atoms with Gasteiger partial charge in [0.2, 0.25) is 0 Å². The highest BCUT2D eigenvalue weighted by molar-refractivity contribution is 6.06. The van der Waals surface area contributed by atoms with Crippen LogP contribution in [0.4, 0.5) is 11.6 Å². The van der Waals surface area contributed by atoms with Crippen molar-refractivity contribution in [1.82, 2.24) is 25.0 Å². The maximum Gasteiger partial charge on any atom is 0.252 e. The number of fused-ring (bicyclic) bond motifs is 3. The smallest absolute Gasteiger partial charge is 0.252 e. The Morgan fingerprint density at radius 3 is 2.76 bits per heavy atom. The number of hydrogen-bond donors (Lipinski definition) is 4.